The molecule has 0 saturated carbocycles. The lowest BCUT2D eigenvalue weighted by Crippen LogP contribution is -2.09. The van der Waals surface area contributed by atoms with Crippen molar-refractivity contribution in [2.45, 2.75) is 34.2 Å². The van der Waals surface area contributed by atoms with Gasteiger partial charge < -0.3 is 10.6 Å². The van der Waals surface area contributed by atoms with Gasteiger partial charge in [0.05, 0.1) is 23.2 Å². The number of aromatic nitrogens is 3. The van der Waals surface area contributed by atoms with Gasteiger partial charge in [0.25, 0.3) is 5.91 Å². The van der Waals surface area contributed by atoms with E-state index in [1.54, 1.807) is 18.3 Å². The molecule has 3 aromatic rings. The summed E-state index contributed by atoms with van der Waals surface area (Å²) >= 11 is 0. The summed E-state index contributed by atoms with van der Waals surface area (Å²) in [4.78, 5) is 17.0. The second kappa shape index (κ2) is 7.16. The number of pyridine rings is 1. The molecule has 1 amide bonds. The van der Waals surface area contributed by atoms with Crippen molar-refractivity contribution in [3.63, 3.8) is 0 Å². The zero-order valence-electron chi connectivity index (χ0n) is 16.8. The van der Waals surface area contributed by atoms with Crippen molar-refractivity contribution >= 4 is 23.0 Å². The third kappa shape index (κ3) is 3.29. The number of rotatable bonds is 4. The zero-order valence-corrected chi connectivity index (χ0v) is 16.8. The summed E-state index contributed by atoms with van der Waals surface area (Å²) in [7, 11) is 0. The molecule has 0 saturated heterocycles. The van der Waals surface area contributed by atoms with E-state index in [4.69, 9.17) is 0 Å². The fourth-order valence-corrected chi connectivity index (χ4v) is 3.68. The second-order valence-corrected chi connectivity index (χ2v) is 7.11. The third-order valence-corrected chi connectivity index (χ3v) is 5.10. The van der Waals surface area contributed by atoms with E-state index < -0.39 is 0 Å². The first-order valence-electron chi connectivity index (χ1n) is 9.48. The molecule has 2 aromatic heterocycles. The van der Waals surface area contributed by atoms with Gasteiger partial charge in [0.2, 0.25) is 0 Å². The van der Waals surface area contributed by atoms with Gasteiger partial charge in [0.1, 0.15) is 5.82 Å². The monoisotopic (exact) mass is 391 g/mol. The average molecular weight is 391 g/mol. The van der Waals surface area contributed by atoms with Gasteiger partial charge in [0.15, 0.2) is 5.82 Å². The Morgan fingerprint density at radius 2 is 2.07 bits per heavy atom. The number of amides is 1. The first-order valence-corrected chi connectivity index (χ1v) is 9.48. The number of halogens is 1. The Balaban J connectivity index is 1.77. The molecule has 148 valence electrons. The van der Waals surface area contributed by atoms with Gasteiger partial charge in [-0.3, -0.25) is 14.5 Å². The van der Waals surface area contributed by atoms with Crippen LogP contribution in [0.1, 0.15) is 30.7 Å². The molecule has 6 nitrogen and oxygen atoms in total. The average Bonchev–Trinajstić information content (AvgIpc) is 3.19. The predicted octanol–water partition coefficient (Wildman–Crippen LogP) is 4.52. The Labute approximate surface area is 168 Å². The van der Waals surface area contributed by atoms with Crippen LogP contribution in [0.5, 0.6) is 0 Å². The minimum absolute atomic E-state index is 0.221. The quantitative estimate of drug-likeness (QED) is 0.642. The largest absolute Gasteiger partial charge is 0.342 e. The maximum absolute atomic E-state index is 14.4. The molecule has 0 aliphatic carbocycles. The van der Waals surface area contributed by atoms with Crippen molar-refractivity contribution < 1.29 is 9.18 Å². The number of hydrogen-bond donors (Lipinski definition) is 2. The topological polar surface area (TPSA) is 71.8 Å². The first-order chi connectivity index (χ1) is 13.9. The fraction of sp³-hybridized carbons (Fsp3) is 0.227. The Kier molecular flexibility index (Phi) is 4.66. The molecule has 1 aromatic carbocycles. The van der Waals surface area contributed by atoms with E-state index >= 15 is 0 Å². The number of allylic oxidation sites excluding steroid dienone is 1. The summed E-state index contributed by atoms with van der Waals surface area (Å²) in [6, 6.07) is 8.61. The number of carbonyl (C=O) groups is 1. The number of benzene rings is 1. The van der Waals surface area contributed by atoms with Gasteiger partial charge >= 0.3 is 0 Å². The molecule has 1 aliphatic rings. The van der Waals surface area contributed by atoms with Crippen molar-refractivity contribution in [1.29, 1.82) is 0 Å². The van der Waals surface area contributed by atoms with Crippen molar-refractivity contribution in [3.05, 3.63) is 64.9 Å². The van der Waals surface area contributed by atoms with Crippen LogP contribution in [0.4, 0.5) is 15.9 Å². The summed E-state index contributed by atoms with van der Waals surface area (Å²) in [6.07, 6.45) is 1.57. The number of nitrogens with one attached hydrogen (secondary N) is 2. The van der Waals surface area contributed by atoms with Gasteiger partial charge in [0, 0.05) is 35.1 Å². The highest BCUT2D eigenvalue weighted by Gasteiger charge is 2.28. The summed E-state index contributed by atoms with van der Waals surface area (Å²) in [5.41, 5.74) is 5.23. The predicted molar refractivity (Wildman–Crippen MR) is 112 cm³/mol. The van der Waals surface area contributed by atoms with Crippen LogP contribution >= 0.6 is 0 Å². The summed E-state index contributed by atoms with van der Waals surface area (Å²) in [5, 5.41) is 10.5. The number of anilines is 2. The number of nitrogens with zero attached hydrogens (tertiary/aromatic N) is 3. The lowest BCUT2D eigenvalue weighted by Gasteiger charge is -2.10. The third-order valence-electron chi connectivity index (χ3n) is 5.10. The number of fused-ring (bicyclic) bond motifs is 1. The van der Waals surface area contributed by atoms with Gasteiger partial charge in [-0.15, -0.1) is 0 Å². The van der Waals surface area contributed by atoms with Crippen molar-refractivity contribution in [2.24, 2.45) is 0 Å². The van der Waals surface area contributed by atoms with E-state index in [1.165, 1.54) is 6.07 Å². The normalized spacial score (nSPS) is 14.6. The van der Waals surface area contributed by atoms with Gasteiger partial charge in [-0.05, 0) is 45.4 Å². The summed E-state index contributed by atoms with van der Waals surface area (Å²) < 4.78 is 16.3. The van der Waals surface area contributed by atoms with E-state index in [0.717, 1.165) is 17.8 Å². The van der Waals surface area contributed by atoms with Crippen LogP contribution in [-0.4, -0.2) is 20.7 Å². The lowest BCUT2D eigenvalue weighted by molar-refractivity contribution is -0.110. The first kappa shape index (κ1) is 18.9. The van der Waals surface area contributed by atoms with Crippen LogP contribution in [0.15, 0.2) is 42.2 Å². The Hall–Kier alpha value is -3.48. The molecule has 0 bridgehead atoms. The van der Waals surface area contributed by atoms with Crippen LogP contribution in [0.25, 0.3) is 16.8 Å². The molecule has 29 heavy (non-hydrogen) atoms. The highest BCUT2D eigenvalue weighted by atomic mass is 19.1. The van der Waals surface area contributed by atoms with Crippen LogP contribution in [0.2, 0.25) is 0 Å². The molecule has 0 atom stereocenters. The maximum atomic E-state index is 14.4. The van der Waals surface area contributed by atoms with Crippen molar-refractivity contribution in [2.75, 3.05) is 10.6 Å². The highest BCUT2D eigenvalue weighted by molar-refractivity contribution is 6.32. The smallest absolute Gasteiger partial charge is 0.258 e. The summed E-state index contributed by atoms with van der Waals surface area (Å²) in [5.74, 6) is 0.117. The molecular formula is C22H22FN5O. The number of aryl methyl sites for hydroxylation is 3. The second-order valence-electron chi connectivity index (χ2n) is 7.11. The van der Waals surface area contributed by atoms with E-state index in [-0.39, 0.29) is 11.7 Å². The Bertz CT molecular complexity index is 1140. The molecule has 7 heteroatoms. The molecule has 0 unspecified atom stereocenters. The molecule has 1 aliphatic heterocycles. The fourth-order valence-electron chi connectivity index (χ4n) is 3.68. The van der Waals surface area contributed by atoms with Crippen LogP contribution in [0.3, 0.4) is 0 Å². The molecule has 0 radical (unpaired) electrons. The van der Waals surface area contributed by atoms with E-state index in [0.29, 0.717) is 39.6 Å². The molecule has 3 heterocycles. The van der Waals surface area contributed by atoms with Gasteiger partial charge in [-0.1, -0.05) is 12.1 Å². The number of carbonyl (C=O) groups excluding carboxylic acids is 1. The highest BCUT2D eigenvalue weighted by Crippen LogP contribution is 2.37. The maximum Gasteiger partial charge on any atom is 0.258 e. The van der Waals surface area contributed by atoms with Gasteiger partial charge in [-0.2, -0.15) is 5.10 Å². The van der Waals surface area contributed by atoms with Crippen molar-refractivity contribution in [1.82, 2.24) is 14.8 Å². The van der Waals surface area contributed by atoms with Gasteiger partial charge in [-0.25, -0.2) is 4.39 Å². The standard InChI is InChI=1S/C22H22FN5O/c1-5-28-13(3)9-19(27-28)25-14(4)21-15-10-17(24-11-18(15)26-22(21)29)20-12(2)7-6-8-16(20)23/h6-11H,5H2,1-4H3,(H,25,27)(H,26,29)/b21-14-. The molecule has 0 fully saturated rings. The number of hydrogen-bond acceptors (Lipinski definition) is 4. The molecular weight excluding hydrogens is 369 g/mol. The summed E-state index contributed by atoms with van der Waals surface area (Å²) in [6.45, 7) is 8.44. The van der Waals surface area contributed by atoms with E-state index in [2.05, 4.69) is 20.7 Å². The molecule has 4 rings (SSSR count). The minimum Gasteiger partial charge on any atom is -0.342 e. The van der Waals surface area contributed by atoms with E-state index in [1.807, 2.05) is 44.5 Å². The Morgan fingerprint density at radius 1 is 1.28 bits per heavy atom. The zero-order chi connectivity index (χ0) is 20.7. The van der Waals surface area contributed by atoms with Crippen molar-refractivity contribution in [3.8, 4) is 11.3 Å². The molecule has 0 spiro atoms. The molecule has 2 N–H and O–H groups in total. The Morgan fingerprint density at radius 3 is 2.76 bits per heavy atom. The minimum atomic E-state index is -0.337. The van der Waals surface area contributed by atoms with E-state index in [9.17, 15) is 9.18 Å². The van der Waals surface area contributed by atoms with Crippen LogP contribution in [-0.2, 0) is 11.3 Å². The SMILES string of the molecule is CCn1nc(N/C(C)=C2\C(=O)Nc3cnc(-c4c(C)cccc4F)cc32)cc1C. The lowest BCUT2D eigenvalue weighted by atomic mass is 10.00. The van der Waals surface area contributed by atoms with Crippen LogP contribution < -0.4 is 10.6 Å². The van der Waals surface area contributed by atoms with Crippen LogP contribution in [0, 0.1) is 19.7 Å².